The van der Waals surface area contributed by atoms with Gasteiger partial charge in [-0.15, -0.1) is 10.2 Å². The quantitative estimate of drug-likeness (QED) is 0.305. The summed E-state index contributed by atoms with van der Waals surface area (Å²) >= 11 is 2.30. The Labute approximate surface area is 191 Å². The summed E-state index contributed by atoms with van der Waals surface area (Å²) < 4.78 is 12.1. The molecule has 1 N–H and O–H groups in total. The van der Waals surface area contributed by atoms with Crippen LogP contribution in [0.25, 0.3) is 11.4 Å². The highest BCUT2D eigenvalue weighted by Crippen LogP contribution is 2.26. The average molecular weight is 471 g/mol. The molecule has 0 unspecified atom stereocenters. The minimum absolute atomic E-state index is 0.0789. The molecule has 0 aliphatic heterocycles. The maximum atomic E-state index is 12.5. The summed E-state index contributed by atoms with van der Waals surface area (Å²) in [5, 5.41) is 12.1. The van der Waals surface area contributed by atoms with Crippen molar-refractivity contribution in [3.8, 4) is 11.4 Å². The van der Waals surface area contributed by atoms with E-state index in [2.05, 4.69) is 25.5 Å². The van der Waals surface area contributed by atoms with E-state index in [1.54, 1.807) is 25.6 Å². The van der Waals surface area contributed by atoms with E-state index >= 15 is 0 Å². The third-order valence-electron chi connectivity index (χ3n) is 4.28. The molecule has 4 heterocycles. The fraction of sp³-hybridized carbons (Fsp3) is 0.200. The molecule has 0 saturated carbocycles. The minimum atomic E-state index is -0.483. The first kappa shape index (κ1) is 21.7. The lowest BCUT2D eigenvalue weighted by Gasteiger charge is -2.08. The van der Waals surface area contributed by atoms with Crippen molar-refractivity contribution in [3.63, 3.8) is 0 Å². The molecule has 4 aromatic heterocycles. The first-order chi connectivity index (χ1) is 15.5. The summed E-state index contributed by atoms with van der Waals surface area (Å²) in [6.07, 6.45) is 4.98. The largest absolute Gasteiger partial charge is 0.467 e. The number of ether oxygens (including phenoxy) is 1. The number of esters is 1. The van der Waals surface area contributed by atoms with Crippen molar-refractivity contribution < 1.29 is 18.7 Å². The molecule has 4 aromatic rings. The summed E-state index contributed by atoms with van der Waals surface area (Å²) in [6, 6.07) is 7.38. The van der Waals surface area contributed by atoms with Crippen LogP contribution in [-0.2, 0) is 16.1 Å². The van der Waals surface area contributed by atoms with Crippen molar-refractivity contribution in [2.45, 2.75) is 18.6 Å². The lowest BCUT2D eigenvalue weighted by atomic mass is 10.2. The maximum Gasteiger partial charge on any atom is 0.350 e. The van der Waals surface area contributed by atoms with E-state index < -0.39 is 5.97 Å². The third-order valence-corrected chi connectivity index (χ3v) is 6.30. The van der Waals surface area contributed by atoms with Gasteiger partial charge in [0, 0.05) is 18.0 Å². The number of thioether (sulfide) groups is 1. The monoisotopic (exact) mass is 470 g/mol. The number of nitrogens with one attached hydrogen (secondary N) is 1. The van der Waals surface area contributed by atoms with Crippen molar-refractivity contribution >= 4 is 40.1 Å². The fourth-order valence-corrected chi connectivity index (χ4v) is 4.46. The number of aromatic nitrogens is 5. The molecule has 0 fully saturated rings. The standard InChI is InChI=1S/C20H18N6O4S2/c1-12-16(18(28)29-2)32-19(22-12)23-15(27)11-31-20-25-24-17(13-5-3-7-21-9-13)26(20)10-14-6-4-8-30-14/h3-9H,10-11H2,1-2H3,(H,22,23,27). The molecule has 0 radical (unpaired) electrons. The Morgan fingerprint density at radius 2 is 2.16 bits per heavy atom. The van der Waals surface area contributed by atoms with Gasteiger partial charge < -0.3 is 14.5 Å². The number of amides is 1. The lowest BCUT2D eigenvalue weighted by Crippen LogP contribution is -2.14. The highest BCUT2D eigenvalue weighted by molar-refractivity contribution is 7.99. The van der Waals surface area contributed by atoms with E-state index in [0.29, 0.717) is 33.2 Å². The topological polar surface area (TPSA) is 125 Å². The number of anilines is 1. The highest BCUT2D eigenvalue weighted by Gasteiger charge is 2.19. The van der Waals surface area contributed by atoms with Crippen LogP contribution in [0.3, 0.4) is 0 Å². The van der Waals surface area contributed by atoms with E-state index in [1.807, 2.05) is 28.8 Å². The number of pyridine rings is 1. The molecular weight excluding hydrogens is 452 g/mol. The van der Waals surface area contributed by atoms with E-state index in [4.69, 9.17) is 9.15 Å². The Hall–Kier alpha value is -3.51. The Kier molecular flexibility index (Phi) is 6.61. The van der Waals surface area contributed by atoms with Crippen LogP contribution in [0.2, 0.25) is 0 Å². The number of methoxy groups -OCH3 is 1. The maximum absolute atomic E-state index is 12.5. The van der Waals surface area contributed by atoms with Gasteiger partial charge in [0.05, 0.1) is 31.4 Å². The molecular formula is C20H18N6O4S2. The molecule has 10 nitrogen and oxygen atoms in total. The number of rotatable bonds is 8. The molecule has 1 amide bonds. The molecule has 12 heteroatoms. The second-order valence-corrected chi connectivity index (χ2v) is 8.42. The third kappa shape index (κ3) is 4.86. The molecule has 0 aliphatic rings. The number of aryl methyl sites for hydroxylation is 1. The SMILES string of the molecule is COC(=O)c1sc(NC(=O)CSc2nnc(-c3cccnc3)n2Cc2ccco2)nc1C. The summed E-state index contributed by atoms with van der Waals surface area (Å²) in [6.45, 7) is 2.09. The Morgan fingerprint density at radius 1 is 1.28 bits per heavy atom. The van der Waals surface area contributed by atoms with E-state index in [1.165, 1.54) is 18.9 Å². The van der Waals surface area contributed by atoms with Gasteiger partial charge >= 0.3 is 5.97 Å². The van der Waals surface area contributed by atoms with Crippen LogP contribution in [0.15, 0.2) is 52.5 Å². The number of carbonyl (C=O) groups excluding carboxylic acids is 2. The molecule has 0 saturated heterocycles. The zero-order valence-corrected chi connectivity index (χ0v) is 18.8. The first-order valence-corrected chi connectivity index (χ1v) is 11.2. The van der Waals surface area contributed by atoms with Crippen molar-refractivity contribution in [3.05, 3.63) is 59.3 Å². The molecule has 0 aromatic carbocycles. The van der Waals surface area contributed by atoms with Crippen molar-refractivity contribution in [2.75, 3.05) is 18.2 Å². The van der Waals surface area contributed by atoms with Crippen molar-refractivity contribution in [1.29, 1.82) is 0 Å². The predicted octanol–water partition coefficient (Wildman–Crippen LogP) is 3.26. The number of nitrogens with zero attached hydrogens (tertiary/aromatic N) is 5. The van der Waals surface area contributed by atoms with E-state index in [-0.39, 0.29) is 11.7 Å². The summed E-state index contributed by atoms with van der Waals surface area (Å²) in [5.74, 6) is 0.667. The summed E-state index contributed by atoms with van der Waals surface area (Å²) in [7, 11) is 1.30. The summed E-state index contributed by atoms with van der Waals surface area (Å²) in [4.78, 5) is 32.9. The van der Waals surface area contributed by atoms with Gasteiger partial charge in [0.1, 0.15) is 10.6 Å². The van der Waals surface area contributed by atoms with Gasteiger partial charge in [0.2, 0.25) is 5.91 Å². The minimum Gasteiger partial charge on any atom is -0.467 e. The lowest BCUT2D eigenvalue weighted by molar-refractivity contribution is -0.113. The molecule has 0 atom stereocenters. The van der Waals surface area contributed by atoms with Crippen molar-refractivity contribution in [1.82, 2.24) is 24.7 Å². The first-order valence-electron chi connectivity index (χ1n) is 9.39. The Bertz CT molecular complexity index is 1220. The molecule has 164 valence electrons. The van der Waals surface area contributed by atoms with Gasteiger partial charge in [0.15, 0.2) is 16.1 Å². The predicted molar refractivity (Wildman–Crippen MR) is 119 cm³/mol. The number of hydrogen-bond donors (Lipinski definition) is 1. The Morgan fingerprint density at radius 3 is 2.88 bits per heavy atom. The number of furan rings is 1. The van der Waals surface area contributed by atoms with Crippen LogP contribution in [-0.4, -0.2) is 49.5 Å². The van der Waals surface area contributed by atoms with Crippen LogP contribution in [0.4, 0.5) is 5.13 Å². The molecule has 0 aliphatic carbocycles. The van der Waals surface area contributed by atoms with Gasteiger partial charge in [0.25, 0.3) is 0 Å². The second kappa shape index (κ2) is 9.75. The number of thiazole rings is 1. The number of hydrogen-bond acceptors (Lipinski definition) is 10. The van der Waals surface area contributed by atoms with Gasteiger partial charge in [-0.1, -0.05) is 23.1 Å². The van der Waals surface area contributed by atoms with Gasteiger partial charge in [-0.2, -0.15) is 0 Å². The second-order valence-electron chi connectivity index (χ2n) is 6.48. The van der Waals surface area contributed by atoms with Crippen LogP contribution in [0.1, 0.15) is 21.1 Å². The van der Waals surface area contributed by atoms with E-state index in [9.17, 15) is 9.59 Å². The van der Waals surface area contributed by atoms with Crippen LogP contribution >= 0.6 is 23.1 Å². The molecule has 4 rings (SSSR count). The fourth-order valence-electron chi connectivity index (χ4n) is 2.82. The van der Waals surface area contributed by atoms with Crippen molar-refractivity contribution in [2.24, 2.45) is 0 Å². The highest BCUT2D eigenvalue weighted by atomic mass is 32.2. The van der Waals surface area contributed by atoms with Gasteiger partial charge in [-0.3, -0.25) is 14.3 Å². The number of carbonyl (C=O) groups is 2. The average Bonchev–Trinajstić information content (AvgIpc) is 3.54. The molecule has 0 bridgehead atoms. The molecule has 32 heavy (non-hydrogen) atoms. The summed E-state index contributed by atoms with van der Waals surface area (Å²) in [5.41, 5.74) is 1.31. The van der Waals surface area contributed by atoms with Crippen LogP contribution in [0.5, 0.6) is 0 Å². The zero-order chi connectivity index (χ0) is 22.5. The molecule has 0 spiro atoms. The zero-order valence-electron chi connectivity index (χ0n) is 17.1. The van der Waals surface area contributed by atoms with Crippen LogP contribution in [0, 0.1) is 6.92 Å². The Balaban J connectivity index is 1.48. The smallest absolute Gasteiger partial charge is 0.350 e. The van der Waals surface area contributed by atoms with Gasteiger partial charge in [-0.05, 0) is 31.2 Å². The van der Waals surface area contributed by atoms with Crippen LogP contribution < -0.4 is 5.32 Å². The van der Waals surface area contributed by atoms with E-state index in [0.717, 1.165) is 22.7 Å². The van der Waals surface area contributed by atoms with Gasteiger partial charge in [-0.25, -0.2) is 9.78 Å². The normalized spacial score (nSPS) is 10.8.